The number of amides is 1. The summed E-state index contributed by atoms with van der Waals surface area (Å²) in [5, 5.41) is 4.50. The molecular formula is C22H19F4N3O. The number of hydrogen-bond acceptors (Lipinski definition) is 2. The Labute approximate surface area is 170 Å². The van der Waals surface area contributed by atoms with E-state index < -0.39 is 11.7 Å². The smallest absolute Gasteiger partial charge is 0.336 e. The molecule has 0 unspecified atom stereocenters. The van der Waals surface area contributed by atoms with Crippen LogP contribution in [0.5, 0.6) is 0 Å². The summed E-state index contributed by atoms with van der Waals surface area (Å²) in [4.78, 5) is 14.5. The normalized spacial score (nSPS) is 13.4. The van der Waals surface area contributed by atoms with Crippen molar-refractivity contribution in [1.82, 2.24) is 14.7 Å². The van der Waals surface area contributed by atoms with Crippen molar-refractivity contribution in [3.63, 3.8) is 0 Å². The van der Waals surface area contributed by atoms with Gasteiger partial charge in [0.05, 0.1) is 11.3 Å². The van der Waals surface area contributed by atoms with E-state index in [1.54, 1.807) is 23.9 Å². The number of carbonyl (C=O) groups excluding carboxylic acids is 1. The predicted molar refractivity (Wildman–Crippen MR) is 103 cm³/mol. The van der Waals surface area contributed by atoms with Gasteiger partial charge in [-0.1, -0.05) is 12.1 Å². The fraction of sp³-hybridized carbons (Fsp3) is 0.273. The first kappa shape index (κ1) is 20.1. The van der Waals surface area contributed by atoms with Gasteiger partial charge in [-0.3, -0.25) is 4.79 Å². The molecule has 0 bridgehead atoms. The van der Waals surface area contributed by atoms with Crippen LogP contribution in [0.25, 0.3) is 5.69 Å². The van der Waals surface area contributed by atoms with Gasteiger partial charge >= 0.3 is 6.18 Å². The highest BCUT2D eigenvalue weighted by Gasteiger charge is 2.31. The van der Waals surface area contributed by atoms with Crippen molar-refractivity contribution in [3.05, 3.63) is 82.4 Å². The fourth-order valence-electron chi connectivity index (χ4n) is 3.73. The molecule has 0 saturated heterocycles. The summed E-state index contributed by atoms with van der Waals surface area (Å²) >= 11 is 0. The van der Waals surface area contributed by atoms with Crippen LogP contribution in [-0.4, -0.2) is 27.6 Å². The number of benzene rings is 2. The van der Waals surface area contributed by atoms with Crippen LogP contribution in [0.2, 0.25) is 0 Å². The molecule has 0 N–H and O–H groups in total. The summed E-state index contributed by atoms with van der Waals surface area (Å²) in [5.74, 6) is -0.649. The van der Waals surface area contributed by atoms with Gasteiger partial charge in [0.25, 0.3) is 5.91 Å². The molecule has 0 fully saturated rings. The predicted octanol–water partition coefficient (Wildman–Crippen LogP) is 4.79. The maximum Gasteiger partial charge on any atom is 0.416 e. The first-order valence-electron chi connectivity index (χ1n) is 9.52. The number of aromatic nitrogens is 2. The standard InChI is InChI=1S/C22H19F4N3O/c1-28(13-14-5-7-15(8-6-14)22(24,25)26)21(30)20-18-3-2-4-19(18)29(27-20)17-11-9-16(23)10-12-17/h5-12H,2-4,13H2,1H3. The van der Waals surface area contributed by atoms with E-state index in [4.69, 9.17) is 0 Å². The summed E-state index contributed by atoms with van der Waals surface area (Å²) in [6, 6.07) is 10.7. The number of nitrogens with zero attached hydrogens (tertiary/aromatic N) is 3. The largest absolute Gasteiger partial charge is 0.416 e. The van der Waals surface area contributed by atoms with Crippen molar-refractivity contribution < 1.29 is 22.4 Å². The van der Waals surface area contributed by atoms with Crippen LogP contribution in [0, 0.1) is 5.82 Å². The second-order valence-electron chi connectivity index (χ2n) is 7.37. The zero-order valence-corrected chi connectivity index (χ0v) is 16.2. The van der Waals surface area contributed by atoms with Gasteiger partial charge in [-0.25, -0.2) is 9.07 Å². The van der Waals surface area contributed by atoms with Crippen molar-refractivity contribution in [2.45, 2.75) is 32.0 Å². The molecule has 1 heterocycles. The van der Waals surface area contributed by atoms with E-state index in [0.29, 0.717) is 16.9 Å². The van der Waals surface area contributed by atoms with Crippen molar-refractivity contribution in [3.8, 4) is 5.69 Å². The molecule has 0 atom stereocenters. The monoisotopic (exact) mass is 417 g/mol. The summed E-state index contributed by atoms with van der Waals surface area (Å²) in [7, 11) is 1.60. The summed E-state index contributed by atoms with van der Waals surface area (Å²) in [6.45, 7) is 0.162. The molecule has 0 spiro atoms. The molecule has 1 amide bonds. The molecule has 2 aromatic carbocycles. The van der Waals surface area contributed by atoms with Gasteiger partial charge in [0.15, 0.2) is 5.69 Å². The molecule has 4 nitrogen and oxygen atoms in total. The molecule has 0 saturated carbocycles. The number of halogens is 4. The van der Waals surface area contributed by atoms with E-state index in [2.05, 4.69) is 5.10 Å². The van der Waals surface area contributed by atoms with E-state index in [-0.39, 0.29) is 18.3 Å². The van der Waals surface area contributed by atoms with Crippen LogP contribution in [0.1, 0.15) is 39.3 Å². The third-order valence-corrected chi connectivity index (χ3v) is 5.25. The van der Waals surface area contributed by atoms with Gasteiger partial charge in [0.2, 0.25) is 0 Å². The first-order valence-corrected chi connectivity index (χ1v) is 9.52. The van der Waals surface area contributed by atoms with Crippen LogP contribution in [0.3, 0.4) is 0 Å². The molecule has 4 rings (SSSR count). The molecule has 1 aliphatic rings. The minimum Gasteiger partial charge on any atom is -0.336 e. The maximum absolute atomic E-state index is 13.3. The molecule has 0 aliphatic heterocycles. The summed E-state index contributed by atoms with van der Waals surface area (Å²) in [6.07, 6.45) is -1.99. The van der Waals surface area contributed by atoms with Gasteiger partial charge in [-0.2, -0.15) is 18.3 Å². The lowest BCUT2D eigenvalue weighted by Crippen LogP contribution is -2.27. The lowest BCUT2D eigenvalue weighted by molar-refractivity contribution is -0.137. The summed E-state index contributed by atoms with van der Waals surface area (Å²) in [5.41, 5.74) is 2.70. The van der Waals surface area contributed by atoms with Crippen molar-refractivity contribution >= 4 is 5.91 Å². The molecule has 3 aromatic rings. The van der Waals surface area contributed by atoms with Crippen LogP contribution >= 0.6 is 0 Å². The SMILES string of the molecule is CN(Cc1ccc(C(F)(F)F)cc1)C(=O)c1nn(-c2ccc(F)cc2)c2c1CCC2. The average molecular weight is 417 g/mol. The second-order valence-corrected chi connectivity index (χ2v) is 7.37. The van der Waals surface area contributed by atoms with Gasteiger partial charge in [0, 0.05) is 24.8 Å². The Morgan fingerprint density at radius 2 is 1.73 bits per heavy atom. The van der Waals surface area contributed by atoms with E-state index in [9.17, 15) is 22.4 Å². The van der Waals surface area contributed by atoms with Crippen LogP contribution < -0.4 is 0 Å². The van der Waals surface area contributed by atoms with Gasteiger partial charge in [-0.05, 0) is 61.2 Å². The third-order valence-electron chi connectivity index (χ3n) is 5.25. The highest BCUT2D eigenvalue weighted by molar-refractivity contribution is 5.94. The van der Waals surface area contributed by atoms with Crippen LogP contribution in [0.15, 0.2) is 48.5 Å². The molecule has 1 aliphatic carbocycles. The van der Waals surface area contributed by atoms with Gasteiger partial charge < -0.3 is 4.90 Å². The molecule has 156 valence electrons. The Bertz CT molecular complexity index is 1070. The third kappa shape index (κ3) is 3.81. The van der Waals surface area contributed by atoms with Crippen LogP contribution in [-0.2, 0) is 25.6 Å². The van der Waals surface area contributed by atoms with Crippen molar-refractivity contribution in [1.29, 1.82) is 0 Å². The van der Waals surface area contributed by atoms with E-state index >= 15 is 0 Å². The Hall–Kier alpha value is -3.16. The lowest BCUT2D eigenvalue weighted by Gasteiger charge is -2.17. The minimum absolute atomic E-state index is 0.162. The van der Waals surface area contributed by atoms with E-state index in [1.807, 2.05) is 0 Å². The first-order chi connectivity index (χ1) is 14.2. The number of fused-ring (bicyclic) bond motifs is 1. The number of alkyl halides is 3. The zero-order valence-electron chi connectivity index (χ0n) is 16.2. The lowest BCUT2D eigenvalue weighted by atomic mass is 10.1. The molecular weight excluding hydrogens is 398 g/mol. The van der Waals surface area contributed by atoms with Crippen molar-refractivity contribution in [2.24, 2.45) is 0 Å². The molecule has 0 radical (unpaired) electrons. The second kappa shape index (κ2) is 7.59. The van der Waals surface area contributed by atoms with Crippen LogP contribution in [0.4, 0.5) is 17.6 Å². The molecule has 30 heavy (non-hydrogen) atoms. The van der Waals surface area contributed by atoms with E-state index in [0.717, 1.165) is 42.7 Å². The Kier molecular flexibility index (Phi) is 5.09. The van der Waals surface area contributed by atoms with Crippen molar-refractivity contribution in [2.75, 3.05) is 7.05 Å². The Morgan fingerprint density at radius 1 is 1.07 bits per heavy atom. The topological polar surface area (TPSA) is 38.1 Å². The summed E-state index contributed by atoms with van der Waals surface area (Å²) < 4.78 is 53.1. The number of hydrogen-bond donors (Lipinski definition) is 0. The van der Waals surface area contributed by atoms with E-state index in [1.165, 1.54) is 29.2 Å². The maximum atomic E-state index is 13.3. The fourth-order valence-corrected chi connectivity index (χ4v) is 3.73. The molecule has 8 heteroatoms. The Morgan fingerprint density at radius 3 is 2.37 bits per heavy atom. The van der Waals surface area contributed by atoms with Gasteiger partial charge in [0.1, 0.15) is 5.82 Å². The zero-order chi connectivity index (χ0) is 21.5. The average Bonchev–Trinajstić information content (AvgIpc) is 3.31. The van der Waals surface area contributed by atoms with Gasteiger partial charge in [-0.15, -0.1) is 0 Å². The number of rotatable bonds is 4. The quantitative estimate of drug-likeness (QED) is 0.573. The molecule has 1 aromatic heterocycles. The minimum atomic E-state index is -4.39. The highest BCUT2D eigenvalue weighted by atomic mass is 19.4. The Balaban J connectivity index is 1.57. The number of carbonyl (C=O) groups is 1. The highest BCUT2D eigenvalue weighted by Crippen LogP contribution is 2.30.